The van der Waals surface area contributed by atoms with Crippen molar-refractivity contribution in [3.05, 3.63) is 40.5 Å². The van der Waals surface area contributed by atoms with Crippen LogP contribution in [0.4, 0.5) is 5.82 Å². The van der Waals surface area contributed by atoms with Crippen molar-refractivity contribution in [1.29, 1.82) is 5.26 Å². The van der Waals surface area contributed by atoms with E-state index in [1.54, 1.807) is 12.5 Å². The van der Waals surface area contributed by atoms with Gasteiger partial charge in [0.05, 0.1) is 10.7 Å². The standard InChI is InChI=1S/C14H10BrN5OS/c15-11-7-21-12-6-18-8(3-10(11)12)1-2-22-14-19-9(5-16)4-13(17)20-14/h3-4,6-7H,1-2H2,(H2,17,19,20). The van der Waals surface area contributed by atoms with Gasteiger partial charge in [-0.15, -0.1) is 0 Å². The molecule has 0 aliphatic heterocycles. The van der Waals surface area contributed by atoms with Crippen molar-refractivity contribution in [2.75, 3.05) is 11.5 Å². The molecule has 3 aromatic rings. The molecule has 3 heterocycles. The number of thioether (sulfide) groups is 1. The van der Waals surface area contributed by atoms with E-state index in [1.165, 1.54) is 17.8 Å². The molecule has 2 N–H and O–H groups in total. The summed E-state index contributed by atoms with van der Waals surface area (Å²) >= 11 is 4.88. The summed E-state index contributed by atoms with van der Waals surface area (Å²) in [5.41, 5.74) is 7.62. The highest BCUT2D eigenvalue weighted by atomic mass is 79.9. The Hall–Kier alpha value is -2.11. The van der Waals surface area contributed by atoms with Gasteiger partial charge in [-0.1, -0.05) is 11.8 Å². The average molecular weight is 376 g/mol. The maximum atomic E-state index is 8.87. The normalized spacial score (nSPS) is 10.7. The fourth-order valence-corrected chi connectivity index (χ4v) is 3.12. The Morgan fingerprint density at radius 3 is 3.05 bits per heavy atom. The number of hydrogen-bond donors (Lipinski definition) is 1. The van der Waals surface area contributed by atoms with E-state index in [0.717, 1.165) is 33.3 Å². The van der Waals surface area contributed by atoms with Gasteiger partial charge < -0.3 is 10.2 Å². The third-order valence-corrected chi connectivity index (χ3v) is 4.36. The van der Waals surface area contributed by atoms with Crippen LogP contribution in [0, 0.1) is 11.3 Å². The van der Waals surface area contributed by atoms with Crippen molar-refractivity contribution in [3.8, 4) is 6.07 Å². The highest BCUT2D eigenvalue weighted by molar-refractivity contribution is 9.10. The molecule has 0 amide bonds. The van der Waals surface area contributed by atoms with Crippen molar-refractivity contribution in [2.45, 2.75) is 11.6 Å². The second kappa shape index (κ2) is 6.34. The third kappa shape index (κ3) is 3.21. The van der Waals surface area contributed by atoms with Crippen LogP contribution >= 0.6 is 27.7 Å². The second-order valence-corrected chi connectivity index (χ2v) is 6.34. The van der Waals surface area contributed by atoms with Gasteiger partial charge in [-0.05, 0) is 28.4 Å². The van der Waals surface area contributed by atoms with E-state index >= 15 is 0 Å². The number of pyridine rings is 1. The monoisotopic (exact) mass is 375 g/mol. The van der Waals surface area contributed by atoms with Gasteiger partial charge in [-0.25, -0.2) is 9.97 Å². The molecule has 3 rings (SSSR count). The van der Waals surface area contributed by atoms with Gasteiger partial charge in [0.1, 0.15) is 23.8 Å². The molecule has 110 valence electrons. The van der Waals surface area contributed by atoms with Gasteiger partial charge in [0.2, 0.25) is 0 Å². The molecule has 0 saturated heterocycles. The number of nitrogens with zero attached hydrogens (tertiary/aromatic N) is 4. The molecular weight excluding hydrogens is 366 g/mol. The fourth-order valence-electron chi connectivity index (χ4n) is 1.89. The quantitative estimate of drug-likeness (QED) is 0.551. The summed E-state index contributed by atoms with van der Waals surface area (Å²) < 4.78 is 6.25. The van der Waals surface area contributed by atoms with E-state index in [1.807, 2.05) is 12.1 Å². The van der Waals surface area contributed by atoms with Gasteiger partial charge >= 0.3 is 0 Å². The Bertz CT molecular complexity index is 873. The number of aryl methyl sites for hydroxylation is 1. The number of nitriles is 1. The molecule has 0 aliphatic rings. The van der Waals surface area contributed by atoms with Gasteiger partial charge in [0.25, 0.3) is 0 Å². The first-order valence-corrected chi connectivity index (χ1v) is 8.12. The van der Waals surface area contributed by atoms with Crippen molar-refractivity contribution < 1.29 is 4.42 Å². The predicted molar refractivity (Wildman–Crippen MR) is 87.3 cm³/mol. The Balaban J connectivity index is 1.68. The number of nitrogen functional groups attached to an aromatic ring is 1. The molecule has 0 bridgehead atoms. The number of halogens is 1. The van der Waals surface area contributed by atoms with Crippen molar-refractivity contribution in [2.24, 2.45) is 0 Å². The summed E-state index contributed by atoms with van der Waals surface area (Å²) in [6, 6.07) is 5.41. The zero-order valence-corrected chi connectivity index (χ0v) is 13.7. The number of hydrogen-bond acceptors (Lipinski definition) is 7. The molecule has 3 aromatic heterocycles. The first kappa shape index (κ1) is 14.8. The van der Waals surface area contributed by atoms with E-state index < -0.39 is 0 Å². The molecule has 0 radical (unpaired) electrons. The number of aromatic nitrogens is 3. The summed E-state index contributed by atoms with van der Waals surface area (Å²) in [5.74, 6) is 1.04. The van der Waals surface area contributed by atoms with Gasteiger partial charge in [-0.2, -0.15) is 5.26 Å². The van der Waals surface area contributed by atoms with Crippen LogP contribution in [-0.2, 0) is 6.42 Å². The lowest BCUT2D eigenvalue weighted by atomic mass is 10.2. The summed E-state index contributed by atoms with van der Waals surface area (Å²) in [4.78, 5) is 12.6. The first-order valence-electron chi connectivity index (χ1n) is 6.35. The maximum Gasteiger partial charge on any atom is 0.190 e. The van der Waals surface area contributed by atoms with Crippen molar-refractivity contribution in [3.63, 3.8) is 0 Å². The zero-order chi connectivity index (χ0) is 15.5. The maximum absolute atomic E-state index is 8.87. The number of nitrogens with two attached hydrogens (primary N) is 1. The lowest BCUT2D eigenvalue weighted by Crippen LogP contribution is -1.99. The molecule has 0 aliphatic carbocycles. The SMILES string of the molecule is N#Cc1cc(N)nc(SCCc2cc3c(Br)coc3cn2)n1. The van der Waals surface area contributed by atoms with Crippen LogP contribution in [0.15, 0.2) is 38.6 Å². The number of anilines is 1. The van der Waals surface area contributed by atoms with Gasteiger partial charge in [-0.3, -0.25) is 4.98 Å². The minimum Gasteiger partial charge on any atom is -0.461 e. The zero-order valence-electron chi connectivity index (χ0n) is 11.3. The summed E-state index contributed by atoms with van der Waals surface area (Å²) in [7, 11) is 0. The Labute approximate surface area is 138 Å². The number of furan rings is 1. The second-order valence-electron chi connectivity index (χ2n) is 4.43. The van der Waals surface area contributed by atoms with Crippen LogP contribution in [0.2, 0.25) is 0 Å². The van der Waals surface area contributed by atoms with E-state index in [2.05, 4.69) is 30.9 Å². The molecule has 0 unspecified atom stereocenters. The van der Waals surface area contributed by atoms with Crippen LogP contribution < -0.4 is 5.73 Å². The Morgan fingerprint density at radius 2 is 2.23 bits per heavy atom. The highest BCUT2D eigenvalue weighted by Gasteiger charge is 2.07. The number of fused-ring (bicyclic) bond motifs is 1. The van der Waals surface area contributed by atoms with Crippen LogP contribution in [-0.4, -0.2) is 20.7 Å². The van der Waals surface area contributed by atoms with E-state index in [0.29, 0.717) is 11.0 Å². The Morgan fingerprint density at radius 1 is 1.36 bits per heavy atom. The van der Waals surface area contributed by atoms with Crippen molar-refractivity contribution in [1.82, 2.24) is 15.0 Å². The molecule has 0 spiro atoms. The predicted octanol–water partition coefficient (Wildman–Crippen LogP) is 3.17. The topological polar surface area (TPSA) is 102 Å². The fraction of sp³-hybridized carbons (Fsp3) is 0.143. The first-order chi connectivity index (χ1) is 10.7. The van der Waals surface area contributed by atoms with Crippen LogP contribution in [0.5, 0.6) is 0 Å². The summed E-state index contributed by atoms with van der Waals surface area (Å²) in [6.07, 6.45) is 4.11. The van der Waals surface area contributed by atoms with E-state index in [9.17, 15) is 0 Å². The lowest BCUT2D eigenvalue weighted by Gasteiger charge is -2.02. The van der Waals surface area contributed by atoms with Gasteiger partial charge in [0.15, 0.2) is 10.7 Å². The molecule has 0 fully saturated rings. The lowest BCUT2D eigenvalue weighted by molar-refractivity contribution is 0.612. The van der Waals surface area contributed by atoms with Crippen LogP contribution in [0.25, 0.3) is 11.0 Å². The molecule has 0 aromatic carbocycles. The molecular formula is C14H10BrN5OS. The molecule has 8 heteroatoms. The van der Waals surface area contributed by atoms with Crippen LogP contribution in [0.3, 0.4) is 0 Å². The minimum absolute atomic E-state index is 0.275. The van der Waals surface area contributed by atoms with E-state index in [-0.39, 0.29) is 5.69 Å². The third-order valence-electron chi connectivity index (χ3n) is 2.90. The van der Waals surface area contributed by atoms with Crippen LogP contribution in [0.1, 0.15) is 11.4 Å². The summed E-state index contributed by atoms with van der Waals surface area (Å²) in [6.45, 7) is 0. The highest BCUT2D eigenvalue weighted by Crippen LogP contribution is 2.26. The minimum atomic E-state index is 0.275. The Kier molecular flexibility index (Phi) is 4.27. The molecule has 6 nitrogen and oxygen atoms in total. The molecule has 0 saturated carbocycles. The smallest absolute Gasteiger partial charge is 0.190 e. The van der Waals surface area contributed by atoms with Gasteiger partial charge in [0, 0.05) is 22.9 Å². The number of rotatable bonds is 4. The largest absolute Gasteiger partial charge is 0.461 e. The average Bonchev–Trinajstić information content (AvgIpc) is 2.88. The molecule has 22 heavy (non-hydrogen) atoms. The molecule has 0 atom stereocenters. The summed E-state index contributed by atoms with van der Waals surface area (Å²) in [5, 5.41) is 10.4. The van der Waals surface area contributed by atoms with E-state index in [4.69, 9.17) is 15.4 Å². The van der Waals surface area contributed by atoms with Crippen molar-refractivity contribution >= 4 is 44.5 Å².